The number of halogens is 1. The van der Waals surface area contributed by atoms with Crippen LogP contribution in [0.1, 0.15) is 5.56 Å². The minimum Gasteiger partial charge on any atom is -0.496 e. The third kappa shape index (κ3) is 6.07. The SMILES string of the molecule is COc1ccc(Br)cc1CNC(=O)NCCS(C)=O. The second-order valence-electron chi connectivity index (χ2n) is 3.84. The van der Waals surface area contributed by atoms with E-state index < -0.39 is 10.8 Å². The van der Waals surface area contributed by atoms with E-state index in [1.54, 1.807) is 13.4 Å². The van der Waals surface area contributed by atoms with Gasteiger partial charge in [-0.15, -0.1) is 0 Å². The summed E-state index contributed by atoms with van der Waals surface area (Å²) in [6.45, 7) is 0.758. The van der Waals surface area contributed by atoms with Crippen LogP contribution in [0.25, 0.3) is 0 Å². The van der Waals surface area contributed by atoms with Crippen molar-refractivity contribution in [3.8, 4) is 5.75 Å². The van der Waals surface area contributed by atoms with Crippen LogP contribution in [-0.2, 0) is 17.3 Å². The number of carbonyl (C=O) groups is 1. The molecule has 0 aliphatic rings. The van der Waals surface area contributed by atoms with Gasteiger partial charge in [-0.3, -0.25) is 4.21 Å². The number of urea groups is 1. The highest BCUT2D eigenvalue weighted by Crippen LogP contribution is 2.22. The number of methoxy groups -OCH3 is 1. The molecule has 1 atom stereocenters. The molecular weight excluding hydrogens is 332 g/mol. The maximum atomic E-state index is 11.5. The van der Waals surface area contributed by atoms with Crippen LogP contribution in [0.4, 0.5) is 4.79 Å². The molecule has 106 valence electrons. The van der Waals surface area contributed by atoms with Gasteiger partial charge < -0.3 is 15.4 Å². The number of nitrogens with one attached hydrogen (secondary N) is 2. The topological polar surface area (TPSA) is 67.4 Å². The minimum atomic E-state index is -0.899. The molecule has 0 heterocycles. The van der Waals surface area contributed by atoms with Crippen molar-refractivity contribution in [2.75, 3.05) is 25.7 Å². The van der Waals surface area contributed by atoms with E-state index in [1.165, 1.54) is 0 Å². The smallest absolute Gasteiger partial charge is 0.315 e. The van der Waals surface area contributed by atoms with Gasteiger partial charge in [0.1, 0.15) is 5.75 Å². The lowest BCUT2D eigenvalue weighted by atomic mass is 10.2. The first-order valence-corrected chi connectivity index (χ1v) is 8.19. The lowest BCUT2D eigenvalue weighted by Crippen LogP contribution is -2.37. The summed E-state index contributed by atoms with van der Waals surface area (Å²) in [5.41, 5.74) is 0.881. The normalized spacial score (nSPS) is 11.7. The molecule has 19 heavy (non-hydrogen) atoms. The van der Waals surface area contributed by atoms with Gasteiger partial charge in [0.2, 0.25) is 0 Å². The fourth-order valence-corrected chi connectivity index (χ4v) is 2.23. The molecule has 0 aromatic heterocycles. The quantitative estimate of drug-likeness (QED) is 0.821. The Hall–Kier alpha value is -1.08. The van der Waals surface area contributed by atoms with E-state index in [-0.39, 0.29) is 6.03 Å². The summed E-state index contributed by atoms with van der Waals surface area (Å²) in [5, 5.41) is 5.37. The molecule has 2 amide bonds. The van der Waals surface area contributed by atoms with Gasteiger partial charge in [-0.05, 0) is 18.2 Å². The third-order valence-electron chi connectivity index (χ3n) is 2.36. The van der Waals surface area contributed by atoms with Gasteiger partial charge in [0.25, 0.3) is 0 Å². The molecule has 0 saturated carbocycles. The molecule has 0 aliphatic carbocycles. The van der Waals surface area contributed by atoms with E-state index in [2.05, 4.69) is 26.6 Å². The zero-order chi connectivity index (χ0) is 14.3. The van der Waals surface area contributed by atoms with Crippen molar-refractivity contribution < 1.29 is 13.7 Å². The van der Waals surface area contributed by atoms with Crippen LogP contribution in [0.3, 0.4) is 0 Å². The average molecular weight is 349 g/mol. The van der Waals surface area contributed by atoms with E-state index in [9.17, 15) is 9.00 Å². The average Bonchev–Trinajstić information content (AvgIpc) is 2.36. The maximum absolute atomic E-state index is 11.5. The molecule has 2 N–H and O–H groups in total. The van der Waals surface area contributed by atoms with Gasteiger partial charge in [0, 0.05) is 45.9 Å². The zero-order valence-corrected chi connectivity index (χ0v) is 13.3. The molecular formula is C12H17BrN2O3S. The molecule has 0 saturated heterocycles. The third-order valence-corrected chi connectivity index (χ3v) is 3.63. The van der Waals surface area contributed by atoms with Crippen molar-refractivity contribution in [3.63, 3.8) is 0 Å². The standard InChI is InChI=1S/C12H17BrN2O3S/c1-18-11-4-3-10(13)7-9(11)8-15-12(16)14-5-6-19(2)17/h3-4,7H,5-6,8H2,1-2H3,(H2,14,15,16). The van der Waals surface area contributed by atoms with E-state index in [4.69, 9.17) is 4.74 Å². The molecule has 1 aromatic rings. The summed E-state index contributed by atoms with van der Waals surface area (Å²) in [6, 6.07) is 5.31. The molecule has 1 aromatic carbocycles. The number of ether oxygens (including phenoxy) is 1. The van der Waals surface area contributed by atoms with Gasteiger partial charge in [-0.1, -0.05) is 15.9 Å². The van der Waals surface area contributed by atoms with Gasteiger partial charge in [0.15, 0.2) is 0 Å². The first kappa shape index (κ1) is 16.0. The van der Waals surface area contributed by atoms with Crippen LogP contribution < -0.4 is 15.4 Å². The van der Waals surface area contributed by atoms with Gasteiger partial charge in [0.05, 0.1) is 7.11 Å². The molecule has 0 bridgehead atoms. The van der Waals surface area contributed by atoms with Crippen LogP contribution in [0.15, 0.2) is 22.7 Å². The minimum absolute atomic E-state index is 0.285. The second-order valence-corrected chi connectivity index (χ2v) is 6.31. The zero-order valence-electron chi connectivity index (χ0n) is 10.9. The first-order chi connectivity index (χ1) is 9.02. The summed E-state index contributed by atoms with van der Waals surface area (Å²) in [4.78, 5) is 11.5. The van der Waals surface area contributed by atoms with Crippen LogP contribution in [0.5, 0.6) is 5.75 Å². The van der Waals surface area contributed by atoms with Crippen molar-refractivity contribution in [1.82, 2.24) is 10.6 Å². The fourth-order valence-electron chi connectivity index (χ4n) is 1.43. The Bertz CT molecular complexity index is 468. The molecule has 1 unspecified atom stereocenters. The largest absolute Gasteiger partial charge is 0.496 e. The predicted octanol–water partition coefficient (Wildman–Crippen LogP) is 1.64. The molecule has 1 rings (SSSR count). The highest BCUT2D eigenvalue weighted by Gasteiger charge is 2.06. The number of carbonyl (C=O) groups excluding carboxylic acids is 1. The molecule has 0 fully saturated rings. The fraction of sp³-hybridized carbons (Fsp3) is 0.417. The van der Waals surface area contributed by atoms with E-state index >= 15 is 0 Å². The Morgan fingerprint density at radius 2 is 2.16 bits per heavy atom. The summed E-state index contributed by atoms with van der Waals surface area (Å²) in [5.74, 6) is 1.17. The van der Waals surface area contributed by atoms with Crippen molar-refractivity contribution in [2.24, 2.45) is 0 Å². The van der Waals surface area contributed by atoms with Crippen molar-refractivity contribution in [1.29, 1.82) is 0 Å². The number of amides is 2. The Kier molecular flexibility index (Phi) is 6.86. The molecule has 7 heteroatoms. The number of hydrogen-bond acceptors (Lipinski definition) is 3. The van der Waals surface area contributed by atoms with Crippen LogP contribution in [0.2, 0.25) is 0 Å². The molecule has 0 spiro atoms. The Balaban J connectivity index is 2.45. The van der Waals surface area contributed by atoms with Crippen molar-refractivity contribution in [3.05, 3.63) is 28.2 Å². The number of hydrogen-bond donors (Lipinski definition) is 2. The molecule has 0 aliphatic heterocycles. The summed E-state index contributed by atoms with van der Waals surface area (Å²) in [6.07, 6.45) is 1.60. The Morgan fingerprint density at radius 1 is 1.42 bits per heavy atom. The number of benzene rings is 1. The predicted molar refractivity (Wildman–Crippen MR) is 79.9 cm³/mol. The van der Waals surface area contributed by atoms with Gasteiger partial charge in [-0.2, -0.15) is 0 Å². The lowest BCUT2D eigenvalue weighted by Gasteiger charge is -2.11. The van der Waals surface area contributed by atoms with Gasteiger partial charge >= 0.3 is 6.03 Å². The first-order valence-electron chi connectivity index (χ1n) is 5.67. The van der Waals surface area contributed by atoms with Crippen molar-refractivity contribution >= 4 is 32.8 Å². The van der Waals surface area contributed by atoms with Gasteiger partial charge in [-0.25, -0.2) is 4.79 Å². The van der Waals surface area contributed by atoms with E-state index in [0.29, 0.717) is 18.8 Å². The van der Waals surface area contributed by atoms with Crippen LogP contribution in [-0.4, -0.2) is 35.9 Å². The monoisotopic (exact) mass is 348 g/mol. The summed E-state index contributed by atoms with van der Waals surface area (Å²) >= 11 is 3.37. The van der Waals surface area contributed by atoms with E-state index in [0.717, 1.165) is 15.8 Å². The lowest BCUT2D eigenvalue weighted by molar-refractivity contribution is 0.241. The summed E-state index contributed by atoms with van der Waals surface area (Å²) in [7, 11) is 0.688. The second kappa shape index (κ2) is 8.16. The Labute approximate surface area is 123 Å². The van der Waals surface area contributed by atoms with Crippen LogP contribution >= 0.6 is 15.9 Å². The molecule has 0 radical (unpaired) electrons. The highest BCUT2D eigenvalue weighted by molar-refractivity contribution is 9.10. The highest BCUT2D eigenvalue weighted by atomic mass is 79.9. The van der Waals surface area contributed by atoms with E-state index in [1.807, 2.05) is 18.2 Å². The van der Waals surface area contributed by atoms with Crippen LogP contribution in [0, 0.1) is 0 Å². The number of rotatable bonds is 6. The summed E-state index contributed by atoms with van der Waals surface area (Å²) < 4.78 is 17.0. The Morgan fingerprint density at radius 3 is 2.79 bits per heavy atom. The van der Waals surface area contributed by atoms with Crippen molar-refractivity contribution in [2.45, 2.75) is 6.54 Å². The maximum Gasteiger partial charge on any atom is 0.315 e. The molecule has 5 nitrogen and oxygen atoms in total.